The monoisotopic (exact) mass is 365 g/mol. The number of anilines is 1. The molecule has 0 saturated heterocycles. The number of amides is 1. The molecule has 0 aromatic heterocycles. The van der Waals surface area contributed by atoms with Gasteiger partial charge < -0.3 is 10.1 Å². The number of ether oxygens (including phenoxy) is 1. The molecular formula is C22H20ClNO2. The molecule has 0 bridgehead atoms. The van der Waals surface area contributed by atoms with Crippen LogP contribution in [0.1, 0.15) is 12.5 Å². The lowest BCUT2D eigenvalue weighted by Crippen LogP contribution is -2.30. The Morgan fingerprint density at radius 2 is 1.62 bits per heavy atom. The van der Waals surface area contributed by atoms with Crippen LogP contribution in [0.5, 0.6) is 5.75 Å². The lowest BCUT2D eigenvalue weighted by atomic mass is 10.1. The SMILES string of the molecule is Cc1ccc(Cl)cc1NC(=O)C(C)Oc1ccc(-c2ccccc2)cc1. The number of hydrogen-bond acceptors (Lipinski definition) is 2. The maximum atomic E-state index is 12.4. The summed E-state index contributed by atoms with van der Waals surface area (Å²) in [5, 5.41) is 3.44. The molecule has 1 unspecified atom stereocenters. The number of hydrogen-bond donors (Lipinski definition) is 1. The molecule has 4 heteroatoms. The molecule has 1 amide bonds. The van der Waals surface area contributed by atoms with Crippen LogP contribution in [-0.4, -0.2) is 12.0 Å². The van der Waals surface area contributed by atoms with Gasteiger partial charge in [-0.2, -0.15) is 0 Å². The van der Waals surface area contributed by atoms with Crippen molar-refractivity contribution in [1.29, 1.82) is 0 Å². The third-order valence-electron chi connectivity index (χ3n) is 4.10. The average molecular weight is 366 g/mol. The first kappa shape index (κ1) is 18.0. The predicted molar refractivity (Wildman–Crippen MR) is 107 cm³/mol. The van der Waals surface area contributed by atoms with Gasteiger partial charge in [0.05, 0.1) is 0 Å². The van der Waals surface area contributed by atoms with Gasteiger partial charge in [-0.05, 0) is 54.8 Å². The van der Waals surface area contributed by atoms with Crippen molar-refractivity contribution in [3.8, 4) is 16.9 Å². The Morgan fingerprint density at radius 1 is 0.962 bits per heavy atom. The minimum absolute atomic E-state index is 0.220. The molecule has 0 aliphatic heterocycles. The number of halogens is 1. The van der Waals surface area contributed by atoms with Gasteiger partial charge in [-0.3, -0.25) is 4.79 Å². The lowest BCUT2D eigenvalue weighted by molar-refractivity contribution is -0.122. The summed E-state index contributed by atoms with van der Waals surface area (Å²) >= 11 is 5.99. The summed E-state index contributed by atoms with van der Waals surface area (Å²) in [7, 11) is 0. The van der Waals surface area contributed by atoms with Crippen molar-refractivity contribution in [3.63, 3.8) is 0 Å². The molecule has 132 valence electrons. The van der Waals surface area contributed by atoms with Gasteiger partial charge in [0.25, 0.3) is 5.91 Å². The van der Waals surface area contributed by atoms with E-state index in [2.05, 4.69) is 17.4 Å². The maximum absolute atomic E-state index is 12.4. The topological polar surface area (TPSA) is 38.3 Å². The van der Waals surface area contributed by atoms with Crippen LogP contribution in [0.4, 0.5) is 5.69 Å². The summed E-state index contributed by atoms with van der Waals surface area (Å²) in [6.45, 7) is 3.64. The van der Waals surface area contributed by atoms with Crippen LogP contribution in [0.3, 0.4) is 0 Å². The van der Waals surface area contributed by atoms with Crippen LogP contribution < -0.4 is 10.1 Å². The van der Waals surface area contributed by atoms with E-state index in [1.807, 2.05) is 55.5 Å². The van der Waals surface area contributed by atoms with Crippen molar-refractivity contribution in [2.75, 3.05) is 5.32 Å². The smallest absolute Gasteiger partial charge is 0.265 e. The Labute approximate surface area is 158 Å². The fourth-order valence-electron chi connectivity index (χ4n) is 2.58. The first-order valence-corrected chi connectivity index (χ1v) is 8.80. The summed E-state index contributed by atoms with van der Waals surface area (Å²) in [5.74, 6) is 0.428. The van der Waals surface area contributed by atoms with Crippen molar-refractivity contribution in [3.05, 3.63) is 83.4 Å². The number of aryl methyl sites for hydroxylation is 1. The fourth-order valence-corrected chi connectivity index (χ4v) is 2.75. The zero-order valence-corrected chi connectivity index (χ0v) is 15.5. The van der Waals surface area contributed by atoms with Crippen LogP contribution in [0.2, 0.25) is 5.02 Å². The Balaban J connectivity index is 1.64. The van der Waals surface area contributed by atoms with Gasteiger partial charge in [0.15, 0.2) is 6.10 Å². The van der Waals surface area contributed by atoms with Gasteiger partial charge in [-0.15, -0.1) is 0 Å². The zero-order valence-electron chi connectivity index (χ0n) is 14.7. The number of carbonyl (C=O) groups is 1. The molecule has 1 atom stereocenters. The summed E-state index contributed by atoms with van der Waals surface area (Å²) in [5.41, 5.74) is 3.88. The molecule has 0 fully saturated rings. The number of nitrogens with one attached hydrogen (secondary N) is 1. The van der Waals surface area contributed by atoms with E-state index in [9.17, 15) is 4.79 Å². The van der Waals surface area contributed by atoms with Gasteiger partial charge >= 0.3 is 0 Å². The first-order valence-electron chi connectivity index (χ1n) is 8.42. The summed E-state index contributed by atoms with van der Waals surface area (Å²) in [4.78, 5) is 12.4. The van der Waals surface area contributed by atoms with Crippen LogP contribution in [0, 0.1) is 6.92 Å². The number of carbonyl (C=O) groups excluding carboxylic acids is 1. The molecule has 3 nitrogen and oxygen atoms in total. The van der Waals surface area contributed by atoms with Gasteiger partial charge in [0, 0.05) is 10.7 Å². The number of benzene rings is 3. The van der Waals surface area contributed by atoms with Gasteiger partial charge in [-0.1, -0.05) is 60.1 Å². The molecule has 0 aliphatic carbocycles. The predicted octanol–water partition coefficient (Wildman–Crippen LogP) is 5.72. The third-order valence-corrected chi connectivity index (χ3v) is 4.34. The molecule has 1 N–H and O–H groups in total. The van der Waals surface area contributed by atoms with E-state index in [0.717, 1.165) is 16.7 Å². The van der Waals surface area contributed by atoms with Crippen LogP contribution in [0.25, 0.3) is 11.1 Å². The van der Waals surface area contributed by atoms with Crippen molar-refractivity contribution in [1.82, 2.24) is 0 Å². The molecule has 0 saturated carbocycles. The van der Waals surface area contributed by atoms with Crippen molar-refractivity contribution in [2.24, 2.45) is 0 Å². The second-order valence-corrected chi connectivity index (χ2v) is 6.54. The Morgan fingerprint density at radius 3 is 2.31 bits per heavy atom. The highest BCUT2D eigenvalue weighted by molar-refractivity contribution is 6.31. The van der Waals surface area contributed by atoms with Gasteiger partial charge in [0.2, 0.25) is 0 Å². The van der Waals surface area contributed by atoms with E-state index in [1.54, 1.807) is 19.1 Å². The first-order chi connectivity index (χ1) is 12.5. The summed E-state index contributed by atoms with van der Waals surface area (Å²) in [6, 6.07) is 23.2. The molecule has 0 spiro atoms. The highest BCUT2D eigenvalue weighted by Crippen LogP contribution is 2.23. The molecule has 26 heavy (non-hydrogen) atoms. The van der Waals surface area contributed by atoms with E-state index in [-0.39, 0.29) is 5.91 Å². The standard InChI is InChI=1S/C22H20ClNO2/c1-15-8-11-19(23)14-21(15)24-22(25)16(2)26-20-12-9-18(10-13-20)17-6-4-3-5-7-17/h3-14,16H,1-2H3,(H,24,25). The average Bonchev–Trinajstić information content (AvgIpc) is 2.66. The van der Waals surface area contributed by atoms with Crippen molar-refractivity contribution < 1.29 is 9.53 Å². The summed E-state index contributed by atoms with van der Waals surface area (Å²) < 4.78 is 5.76. The van der Waals surface area contributed by atoms with Crippen molar-refractivity contribution in [2.45, 2.75) is 20.0 Å². The second kappa shape index (κ2) is 8.07. The van der Waals surface area contributed by atoms with Crippen LogP contribution >= 0.6 is 11.6 Å². The minimum atomic E-state index is -0.629. The van der Waals surface area contributed by atoms with E-state index in [1.165, 1.54) is 0 Å². The highest BCUT2D eigenvalue weighted by atomic mass is 35.5. The van der Waals surface area contributed by atoms with E-state index >= 15 is 0 Å². The van der Waals surface area contributed by atoms with E-state index in [0.29, 0.717) is 16.5 Å². The lowest BCUT2D eigenvalue weighted by Gasteiger charge is -2.16. The normalized spacial score (nSPS) is 11.7. The van der Waals surface area contributed by atoms with E-state index < -0.39 is 6.10 Å². The molecule has 3 rings (SSSR count). The molecule has 3 aromatic rings. The quantitative estimate of drug-likeness (QED) is 0.627. The largest absolute Gasteiger partial charge is 0.481 e. The fraction of sp³-hybridized carbons (Fsp3) is 0.136. The van der Waals surface area contributed by atoms with E-state index in [4.69, 9.17) is 16.3 Å². The molecule has 0 radical (unpaired) electrons. The number of rotatable bonds is 5. The summed E-state index contributed by atoms with van der Waals surface area (Å²) in [6.07, 6.45) is -0.629. The third kappa shape index (κ3) is 4.44. The van der Waals surface area contributed by atoms with Gasteiger partial charge in [-0.25, -0.2) is 0 Å². The maximum Gasteiger partial charge on any atom is 0.265 e. The van der Waals surface area contributed by atoms with Crippen LogP contribution in [0.15, 0.2) is 72.8 Å². The Hall–Kier alpha value is -2.78. The van der Waals surface area contributed by atoms with Crippen molar-refractivity contribution >= 4 is 23.2 Å². The van der Waals surface area contributed by atoms with Gasteiger partial charge in [0.1, 0.15) is 5.75 Å². The second-order valence-electron chi connectivity index (χ2n) is 6.10. The highest BCUT2D eigenvalue weighted by Gasteiger charge is 2.16. The minimum Gasteiger partial charge on any atom is -0.481 e. The molecule has 0 heterocycles. The Kier molecular flexibility index (Phi) is 5.59. The molecule has 0 aliphatic rings. The molecular weight excluding hydrogens is 346 g/mol. The Bertz CT molecular complexity index is 892. The zero-order chi connectivity index (χ0) is 18.5. The van der Waals surface area contributed by atoms with Crippen LogP contribution in [-0.2, 0) is 4.79 Å². The molecule has 3 aromatic carbocycles.